The van der Waals surface area contributed by atoms with Crippen molar-refractivity contribution in [3.63, 3.8) is 0 Å². The van der Waals surface area contributed by atoms with Crippen LogP contribution in [0.5, 0.6) is 46.0 Å². The molecule has 0 radical (unpaired) electrons. The molecule has 0 amide bonds. The lowest BCUT2D eigenvalue weighted by Gasteiger charge is -2.39. The van der Waals surface area contributed by atoms with Crippen LogP contribution < -0.4 is 23.7 Å². The van der Waals surface area contributed by atoms with Gasteiger partial charge in [0.1, 0.15) is 5.75 Å². The molecule has 9 rings (SSSR count). The van der Waals surface area contributed by atoms with Gasteiger partial charge in [0, 0.05) is 37.7 Å². The molecule has 4 aromatic carbocycles. The van der Waals surface area contributed by atoms with Crippen LogP contribution in [0, 0.1) is 0 Å². The fourth-order valence-corrected chi connectivity index (χ4v) is 7.28. The Hall–Kier alpha value is -4.53. The van der Waals surface area contributed by atoms with E-state index in [0.717, 1.165) is 67.1 Å². The van der Waals surface area contributed by atoms with E-state index in [-0.39, 0.29) is 18.1 Å². The van der Waals surface area contributed by atoms with Crippen molar-refractivity contribution in [2.45, 2.75) is 44.7 Å². The molecule has 45 heavy (non-hydrogen) atoms. The van der Waals surface area contributed by atoms with Crippen molar-refractivity contribution in [1.29, 1.82) is 0 Å². The number of nitrogens with zero attached hydrogens (tertiary/aromatic N) is 2. The zero-order valence-corrected chi connectivity index (χ0v) is 26.0. The number of carbonyl (C=O) groups excluding carboxylic acids is 1. The lowest BCUT2D eigenvalue weighted by Crippen LogP contribution is -2.34. The normalized spacial score (nSPS) is 19.9. The number of hydrogen-bond donors (Lipinski definition) is 0. The lowest BCUT2D eigenvalue weighted by molar-refractivity contribution is -0.132. The first kappa shape index (κ1) is 28.0. The highest BCUT2D eigenvalue weighted by atomic mass is 16.6. The van der Waals surface area contributed by atoms with Crippen molar-refractivity contribution in [2.75, 3.05) is 34.3 Å². The number of fused-ring (bicyclic) bond motifs is 2. The van der Waals surface area contributed by atoms with Gasteiger partial charge in [-0.05, 0) is 110 Å². The van der Waals surface area contributed by atoms with Crippen molar-refractivity contribution in [3.05, 3.63) is 94.0 Å². The topological polar surface area (TPSA) is 69.7 Å². The minimum absolute atomic E-state index is 0.0768. The molecule has 0 N–H and O–H groups in total. The van der Waals surface area contributed by atoms with Gasteiger partial charge in [0.15, 0.2) is 34.5 Å². The average molecular weight is 605 g/mol. The lowest BCUT2D eigenvalue weighted by atomic mass is 9.86. The molecule has 0 aromatic heterocycles. The van der Waals surface area contributed by atoms with Gasteiger partial charge >= 0.3 is 5.97 Å². The second-order valence-corrected chi connectivity index (χ2v) is 12.5. The summed E-state index contributed by atoms with van der Waals surface area (Å²) in [5.74, 6) is 4.75. The van der Waals surface area contributed by atoms with Crippen molar-refractivity contribution < 1.29 is 28.5 Å². The molecular formula is C37H36N2O6. The maximum atomic E-state index is 11.9. The molecule has 8 nitrogen and oxygen atoms in total. The summed E-state index contributed by atoms with van der Waals surface area (Å²) in [5.41, 5.74) is 7.10. The van der Waals surface area contributed by atoms with E-state index in [0.29, 0.717) is 28.7 Å². The number of hydrogen-bond acceptors (Lipinski definition) is 8. The van der Waals surface area contributed by atoms with Gasteiger partial charge in [-0.3, -0.25) is 14.6 Å². The smallest absolute Gasteiger partial charge is 0.308 e. The SMILES string of the molecule is COc1cc2c3c4c1Oc1cc5c(cc1O4)C(Cc1ccc(OC(C)=O)c(c1)Oc1ccc(cc1)CC3N(C)CC2)N(C)CC5. The fourth-order valence-electron chi connectivity index (χ4n) is 7.28. The number of esters is 1. The third-order valence-corrected chi connectivity index (χ3v) is 9.67. The Morgan fingerprint density at radius 2 is 1.42 bits per heavy atom. The van der Waals surface area contributed by atoms with Crippen LogP contribution in [0.4, 0.5) is 0 Å². The molecule has 0 aliphatic carbocycles. The highest BCUT2D eigenvalue weighted by Crippen LogP contribution is 2.56. The van der Waals surface area contributed by atoms with Crippen LogP contribution in [0.15, 0.2) is 60.7 Å². The first-order valence-corrected chi connectivity index (χ1v) is 15.6. The predicted molar refractivity (Wildman–Crippen MR) is 169 cm³/mol. The van der Waals surface area contributed by atoms with E-state index < -0.39 is 0 Å². The Morgan fingerprint density at radius 3 is 2.20 bits per heavy atom. The first-order chi connectivity index (χ1) is 21.8. The Kier molecular flexibility index (Phi) is 6.73. The van der Waals surface area contributed by atoms with Crippen LogP contribution in [-0.2, 0) is 30.5 Å². The third kappa shape index (κ3) is 4.89. The van der Waals surface area contributed by atoms with Crippen LogP contribution in [0.1, 0.15) is 52.4 Å². The molecule has 7 bridgehead atoms. The minimum atomic E-state index is -0.387. The monoisotopic (exact) mass is 604 g/mol. The average Bonchev–Trinajstić information content (AvgIpc) is 3.03. The van der Waals surface area contributed by atoms with E-state index in [1.807, 2.05) is 30.3 Å². The highest BCUT2D eigenvalue weighted by molar-refractivity contribution is 5.71. The van der Waals surface area contributed by atoms with Crippen molar-refractivity contribution in [1.82, 2.24) is 9.80 Å². The van der Waals surface area contributed by atoms with Crippen LogP contribution in [0.3, 0.4) is 0 Å². The van der Waals surface area contributed by atoms with E-state index in [4.69, 9.17) is 23.7 Å². The van der Waals surface area contributed by atoms with Gasteiger partial charge in [-0.15, -0.1) is 0 Å². The molecule has 2 unspecified atom stereocenters. The van der Waals surface area contributed by atoms with Gasteiger partial charge in [0.05, 0.1) is 7.11 Å². The summed E-state index contributed by atoms with van der Waals surface area (Å²) in [6, 6.07) is 20.6. The third-order valence-electron chi connectivity index (χ3n) is 9.67. The Morgan fingerprint density at radius 1 is 0.733 bits per heavy atom. The van der Waals surface area contributed by atoms with E-state index in [1.54, 1.807) is 7.11 Å². The van der Waals surface area contributed by atoms with Crippen molar-refractivity contribution >= 4 is 5.97 Å². The molecule has 230 valence electrons. The van der Waals surface area contributed by atoms with E-state index in [9.17, 15) is 4.79 Å². The molecule has 4 aromatic rings. The molecule has 0 fully saturated rings. The van der Waals surface area contributed by atoms with Gasteiger partial charge in [-0.2, -0.15) is 0 Å². The fraction of sp³-hybridized carbons (Fsp3) is 0.324. The second-order valence-electron chi connectivity index (χ2n) is 12.5. The number of carbonyl (C=O) groups is 1. The number of likely N-dealkylation sites (N-methyl/N-ethyl adjacent to an activating group) is 2. The summed E-state index contributed by atoms with van der Waals surface area (Å²) < 4.78 is 31.4. The molecule has 5 aliphatic heterocycles. The quantitative estimate of drug-likeness (QED) is 0.155. The van der Waals surface area contributed by atoms with Crippen LogP contribution in [-0.4, -0.2) is 50.1 Å². The van der Waals surface area contributed by atoms with E-state index in [1.165, 1.54) is 29.2 Å². The van der Waals surface area contributed by atoms with Crippen LogP contribution in [0.25, 0.3) is 0 Å². The van der Waals surface area contributed by atoms with Gasteiger partial charge in [-0.25, -0.2) is 0 Å². The zero-order valence-electron chi connectivity index (χ0n) is 26.0. The van der Waals surface area contributed by atoms with Crippen molar-refractivity contribution in [3.8, 4) is 46.0 Å². The van der Waals surface area contributed by atoms with Gasteiger partial charge in [-0.1, -0.05) is 18.2 Å². The Labute approximate surface area is 263 Å². The Balaban J connectivity index is 1.31. The molecular weight excluding hydrogens is 568 g/mol. The van der Waals surface area contributed by atoms with Crippen LogP contribution >= 0.6 is 0 Å². The summed E-state index contributed by atoms with van der Waals surface area (Å²) in [6.45, 7) is 3.25. The summed E-state index contributed by atoms with van der Waals surface area (Å²) in [6.07, 6.45) is 3.33. The molecule has 5 aliphatic rings. The van der Waals surface area contributed by atoms with Gasteiger partial charge in [0.25, 0.3) is 0 Å². The van der Waals surface area contributed by atoms with Gasteiger partial charge in [0.2, 0.25) is 5.75 Å². The molecule has 2 atom stereocenters. The minimum Gasteiger partial charge on any atom is -0.493 e. The standard InChI is InChI=1S/C37H36N2O6/c1-21(40)42-30-10-7-23-16-28-27-20-33-32(18-24(27)11-13-38(28)2)44-36-34(41-4)19-25-12-14-39(3)29(35(25)37(36)45-33)15-22-5-8-26(9-6-22)43-31(30)17-23/h5-10,17-20,28-29H,11-16H2,1-4H3. The maximum Gasteiger partial charge on any atom is 0.308 e. The number of benzene rings is 4. The Bertz CT molecular complexity index is 1830. The first-order valence-electron chi connectivity index (χ1n) is 15.6. The summed E-state index contributed by atoms with van der Waals surface area (Å²) >= 11 is 0. The predicted octanol–water partition coefficient (Wildman–Crippen LogP) is 7.17. The highest BCUT2D eigenvalue weighted by Gasteiger charge is 2.37. The molecule has 0 spiro atoms. The molecule has 8 heteroatoms. The number of ether oxygens (including phenoxy) is 5. The van der Waals surface area contributed by atoms with Gasteiger partial charge < -0.3 is 23.7 Å². The summed E-state index contributed by atoms with van der Waals surface area (Å²) in [4.78, 5) is 16.7. The molecule has 5 heterocycles. The largest absolute Gasteiger partial charge is 0.493 e. The molecule has 0 saturated heterocycles. The number of rotatable bonds is 2. The summed E-state index contributed by atoms with van der Waals surface area (Å²) in [5, 5.41) is 0. The second kappa shape index (κ2) is 10.8. The van der Waals surface area contributed by atoms with E-state index in [2.05, 4.69) is 54.2 Å². The van der Waals surface area contributed by atoms with Crippen LogP contribution in [0.2, 0.25) is 0 Å². The number of methoxy groups -OCH3 is 1. The molecule has 0 saturated carbocycles. The zero-order chi connectivity index (χ0) is 30.8. The van der Waals surface area contributed by atoms with Crippen molar-refractivity contribution in [2.24, 2.45) is 0 Å². The summed E-state index contributed by atoms with van der Waals surface area (Å²) in [7, 11) is 6.03. The van der Waals surface area contributed by atoms with E-state index >= 15 is 0 Å². The maximum absolute atomic E-state index is 11.9.